The van der Waals surface area contributed by atoms with Crippen LogP contribution in [0.3, 0.4) is 0 Å². The Balaban J connectivity index is 1.04. The number of aliphatic hydroxyl groups is 3. The number of imidazole rings is 1. The maximum Gasteiger partial charge on any atom is 0.490 e. The molecule has 294 valence electrons. The molecule has 3 aliphatic rings. The first-order chi connectivity index (χ1) is 24.7. The summed E-state index contributed by atoms with van der Waals surface area (Å²) >= 11 is 0. The zero-order valence-electron chi connectivity index (χ0n) is 27.1. The molecule has 0 radical (unpaired) electrons. The van der Waals surface area contributed by atoms with E-state index in [9.17, 15) is 53.3 Å². The van der Waals surface area contributed by atoms with Gasteiger partial charge in [0.1, 0.15) is 42.3 Å². The lowest BCUT2D eigenvalue weighted by Crippen LogP contribution is -2.46. The maximum atomic E-state index is 12.6. The summed E-state index contributed by atoms with van der Waals surface area (Å²) in [5.74, 6) is -0.436. The fraction of sp³-hybridized carbons (Fsp3) is 0.591. The quantitative estimate of drug-likeness (QED) is 0.0744. The molecule has 6 rings (SSSR count). The van der Waals surface area contributed by atoms with E-state index in [4.69, 9.17) is 30.2 Å². The summed E-state index contributed by atoms with van der Waals surface area (Å²) in [6.45, 7) is -2.05. The number of nitrogen functional groups attached to an aromatic ring is 2. The number of phosphoric ester groups is 2. The van der Waals surface area contributed by atoms with Gasteiger partial charge in [-0.2, -0.15) is 18.6 Å². The third-order valence-corrected chi connectivity index (χ3v) is 12.3. The molecule has 11 atom stereocenters. The van der Waals surface area contributed by atoms with Crippen molar-refractivity contribution >= 4 is 58.0 Å². The molecule has 0 amide bonds. The van der Waals surface area contributed by atoms with E-state index in [0.29, 0.717) is 0 Å². The second-order valence-corrected chi connectivity index (χ2v) is 16.3. The Morgan fingerprint density at radius 1 is 0.868 bits per heavy atom. The highest BCUT2D eigenvalue weighted by atomic mass is 31.3. The van der Waals surface area contributed by atoms with E-state index < -0.39 is 96.9 Å². The molecule has 3 aromatic rings. The summed E-state index contributed by atoms with van der Waals surface area (Å²) < 4.78 is 72.7. The number of nitrogens with two attached hydrogens (primary N) is 2. The highest BCUT2D eigenvalue weighted by molar-refractivity contribution is 7.66. The third-order valence-electron chi connectivity index (χ3n) is 8.08. The van der Waals surface area contributed by atoms with Crippen LogP contribution >= 0.6 is 23.5 Å². The van der Waals surface area contributed by atoms with Crippen molar-refractivity contribution in [3.05, 3.63) is 27.0 Å². The molecule has 6 heterocycles. The van der Waals surface area contributed by atoms with Crippen molar-refractivity contribution in [3.8, 4) is 0 Å². The van der Waals surface area contributed by atoms with Gasteiger partial charge in [0.15, 0.2) is 29.4 Å². The van der Waals surface area contributed by atoms with Crippen molar-refractivity contribution in [2.45, 2.75) is 49.1 Å². The number of aromatic nitrogens is 6. The molecule has 53 heavy (non-hydrogen) atoms. The zero-order valence-corrected chi connectivity index (χ0v) is 29.8. The Kier molecular flexibility index (Phi) is 10.6. The van der Waals surface area contributed by atoms with Crippen LogP contribution < -0.4 is 32.4 Å². The minimum atomic E-state index is -5.98. The van der Waals surface area contributed by atoms with Crippen LogP contribution in [0.25, 0.3) is 11.2 Å². The molecule has 28 nitrogen and oxygen atoms in total. The number of nitrogens with one attached hydrogen (secondary N) is 2. The van der Waals surface area contributed by atoms with E-state index in [-0.39, 0.29) is 41.2 Å². The minimum Gasteiger partial charge on any atom is -0.387 e. The van der Waals surface area contributed by atoms with Crippen molar-refractivity contribution in [1.29, 1.82) is 0 Å². The van der Waals surface area contributed by atoms with Gasteiger partial charge >= 0.3 is 23.5 Å². The molecule has 0 bridgehead atoms. The number of methoxy groups -OCH3 is 1. The van der Waals surface area contributed by atoms with E-state index in [1.54, 1.807) is 7.05 Å². The molecule has 3 aromatic heterocycles. The molecular weight excluding hydrogens is 785 g/mol. The van der Waals surface area contributed by atoms with Crippen LogP contribution in [0.5, 0.6) is 0 Å². The van der Waals surface area contributed by atoms with Crippen molar-refractivity contribution in [1.82, 2.24) is 29.5 Å². The van der Waals surface area contributed by atoms with Gasteiger partial charge in [0.05, 0.1) is 26.2 Å². The first kappa shape index (κ1) is 39.3. The Morgan fingerprint density at radius 2 is 1.43 bits per heavy atom. The summed E-state index contributed by atoms with van der Waals surface area (Å²) in [6.07, 6.45) is -11.0. The first-order valence-corrected chi connectivity index (χ1v) is 19.4. The fourth-order valence-electron chi connectivity index (χ4n) is 5.83. The van der Waals surface area contributed by atoms with E-state index in [1.807, 2.05) is 0 Å². The number of hydrogen-bond donors (Lipinski definition) is 10. The molecule has 0 spiro atoms. The van der Waals surface area contributed by atoms with Crippen molar-refractivity contribution in [3.63, 3.8) is 0 Å². The number of hydrogen-bond acceptors (Lipinski definition) is 22. The first-order valence-electron chi connectivity index (χ1n) is 14.9. The van der Waals surface area contributed by atoms with Crippen LogP contribution in [0.15, 0.2) is 15.9 Å². The number of rotatable bonds is 13. The molecule has 31 heteroatoms. The molecule has 3 aliphatic heterocycles. The topological polar surface area (TPSA) is 405 Å². The van der Waals surface area contributed by atoms with Crippen LogP contribution in [0.4, 0.5) is 23.4 Å². The normalized spacial score (nSPS) is 30.7. The monoisotopic (exact) mass is 818 g/mol. The van der Waals surface area contributed by atoms with Crippen LogP contribution in [0.2, 0.25) is 0 Å². The summed E-state index contributed by atoms with van der Waals surface area (Å²) in [5.41, 5.74) is 9.75. The van der Waals surface area contributed by atoms with E-state index >= 15 is 0 Å². The molecule has 0 saturated carbocycles. The van der Waals surface area contributed by atoms with Crippen molar-refractivity contribution < 1.29 is 75.6 Å². The van der Waals surface area contributed by atoms with Gasteiger partial charge in [-0.15, -0.1) is 0 Å². The molecule has 2 fully saturated rings. The number of fused-ring (bicyclic) bond motifs is 2. The highest BCUT2D eigenvalue weighted by Crippen LogP contribution is 2.67. The van der Waals surface area contributed by atoms with E-state index in [1.165, 1.54) is 16.9 Å². The van der Waals surface area contributed by atoms with E-state index in [0.717, 1.165) is 10.9 Å². The SMILES string of the molecule is CO[C@@H]1[C@H](O)[C@@H](COP(=O)(O)OP(=O)(O)OP(=O)(O)OC[C@H]2O[C@@H](n3cnc4c(=O)[nH]c(N)nc43)[C@H](O)[C@@H]2O)O[C@H]1N1CN(C)c2c1nc(N)[nH]c2=O. The summed E-state index contributed by atoms with van der Waals surface area (Å²) in [5, 5.41) is 31.8. The lowest BCUT2D eigenvalue weighted by molar-refractivity contribution is -0.0503. The van der Waals surface area contributed by atoms with Crippen LogP contribution in [0, 0.1) is 0 Å². The van der Waals surface area contributed by atoms with Gasteiger partial charge in [0.25, 0.3) is 11.1 Å². The minimum absolute atomic E-state index is 0.0136. The number of aliphatic hydroxyl groups excluding tert-OH is 3. The number of phosphoric acid groups is 3. The number of ether oxygens (including phenoxy) is 3. The van der Waals surface area contributed by atoms with Gasteiger partial charge in [0.2, 0.25) is 11.9 Å². The number of anilines is 4. The van der Waals surface area contributed by atoms with Gasteiger partial charge in [-0.25, -0.2) is 18.7 Å². The Labute approximate surface area is 294 Å². The standard InChI is InChI=1S/C22H33N10O18P3/c1-30-6-32(16-10(30)18(37)29-22(24)27-16)20-14(44-2)12(34)8(48-20)4-46-52(40,41)50-53(42,43)49-51(38,39)45-3-7-11(33)13(35)19(47-7)31-5-25-9-15(31)26-21(23)28-17(9)36/h5,7-8,11-14,19-20,33-35H,3-4,6H2,1-2H3,(H,38,39)(H,40,41)(H,42,43)(H3,23,26,28,36)(H3,24,27,29,37)/t7-,8-,11-,12-,13-,14-,19-,20-/m1/s1. The third kappa shape index (κ3) is 7.90. The molecular formula is C22H33N10O18P3. The number of aromatic amines is 2. The fourth-order valence-corrected chi connectivity index (χ4v) is 9.35. The van der Waals surface area contributed by atoms with Crippen molar-refractivity contribution in [2.75, 3.05) is 55.3 Å². The van der Waals surface area contributed by atoms with E-state index in [2.05, 4.69) is 38.1 Å². The average molecular weight is 818 g/mol. The average Bonchev–Trinajstić information content (AvgIpc) is 3.77. The van der Waals surface area contributed by atoms with Crippen LogP contribution in [-0.2, 0) is 45.6 Å². The zero-order chi connectivity index (χ0) is 38.8. The predicted octanol–water partition coefficient (Wildman–Crippen LogP) is -3.63. The Morgan fingerprint density at radius 3 is 2.06 bits per heavy atom. The smallest absolute Gasteiger partial charge is 0.387 e. The van der Waals surface area contributed by atoms with Gasteiger partial charge in [-0.3, -0.25) is 33.2 Å². The molecule has 0 aromatic carbocycles. The maximum absolute atomic E-state index is 12.6. The largest absolute Gasteiger partial charge is 0.490 e. The Hall–Kier alpha value is -3.40. The Bertz CT molecular complexity index is 2130. The summed E-state index contributed by atoms with van der Waals surface area (Å²) in [6, 6.07) is 0. The summed E-state index contributed by atoms with van der Waals surface area (Å²) in [4.78, 5) is 74.1. The van der Waals surface area contributed by atoms with Gasteiger partial charge in [0, 0.05) is 14.2 Å². The van der Waals surface area contributed by atoms with Crippen LogP contribution in [-0.4, -0.2) is 136 Å². The molecule has 12 N–H and O–H groups in total. The van der Waals surface area contributed by atoms with Crippen LogP contribution in [0.1, 0.15) is 6.23 Å². The highest BCUT2D eigenvalue weighted by Gasteiger charge is 2.51. The molecule has 2 saturated heterocycles. The summed E-state index contributed by atoms with van der Waals surface area (Å²) in [7, 11) is -14.5. The lowest BCUT2D eigenvalue weighted by Gasteiger charge is -2.29. The van der Waals surface area contributed by atoms with Crippen molar-refractivity contribution in [2.24, 2.45) is 0 Å². The second kappa shape index (κ2) is 14.3. The van der Waals surface area contributed by atoms with Gasteiger partial charge in [-0.05, 0) is 0 Å². The van der Waals surface area contributed by atoms with Gasteiger partial charge < -0.3 is 65.5 Å². The molecule has 0 aliphatic carbocycles. The van der Waals surface area contributed by atoms with Gasteiger partial charge in [-0.1, -0.05) is 0 Å². The predicted molar refractivity (Wildman–Crippen MR) is 173 cm³/mol. The number of nitrogens with zero attached hydrogens (tertiary/aromatic N) is 6. The lowest BCUT2D eigenvalue weighted by atomic mass is 10.1. The second-order valence-electron chi connectivity index (χ2n) is 11.7. The molecule has 3 unspecified atom stereocenters. The number of H-pyrrole nitrogens is 2.